The molecular formula is C29H28F5NO. The normalized spacial score (nSPS) is 19.8. The number of nitrogens with zero attached hydrogens (tertiary/aromatic N) is 1. The van der Waals surface area contributed by atoms with E-state index < -0.39 is 29.8 Å². The molecule has 7 heteroatoms. The van der Waals surface area contributed by atoms with E-state index in [0.717, 1.165) is 49.2 Å². The lowest BCUT2D eigenvalue weighted by molar-refractivity contribution is -0.137. The van der Waals surface area contributed by atoms with Crippen LogP contribution in [0.25, 0.3) is 11.1 Å². The molecule has 0 saturated heterocycles. The lowest BCUT2D eigenvalue weighted by Crippen LogP contribution is -2.38. The lowest BCUT2D eigenvalue weighted by Gasteiger charge is -2.47. The molecule has 3 aromatic rings. The summed E-state index contributed by atoms with van der Waals surface area (Å²) < 4.78 is 69.5. The summed E-state index contributed by atoms with van der Waals surface area (Å²) in [5, 5.41) is 11.3. The number of halogens is 5. The maximum atomic E-state index is 16.4. The van der Waals surface area contributed by atoms with Crippen molar-refractivity contribution >= 4 is 0 Å². The van der Waals surface area contributed by atoms with Crippen molar-refractivity contribution < 1.29 is 27.1 Å². The van der Waals surface area contributed by atoms with Gasteiger partial charge >= 0.3 is 6.18 Å². The third-order valence-corrected chi connectivity index (χ3v) is 7.76. The summed E-state index contributed by atoms with van der Waals surface area (Å²) >= 11 is 0. The fraction of sp³-hybridized carbons (Fsp3) is 0.414. The van der Waals surface area contributed by atoms with E-state index in [0.29, 0.717) is 35.2 Å². The highest BCUT2D eigenvalue weighted by Crippen LogP contribution is 2.56. The predicted molar refractivity (Wildman–Crippen MR) is 128 cm³/mol. The highest BCUT2D eigenvalue weighted by atomic mass is 19.4. The van der Waals surface area contributed by atoms with Gasteiger partial charge in [-0.05, 0) is 78.0 Å². The average Bonchev–Trinajstić information content (AvgIpc) is 2.81. The smallest absolute Gasteiger partial charge is 0.388 e. The number of benzene rings is 2. The van der Waals surface area contributed by atoms with Crippen LogP contribution in [0.15, 0.2) is 48.5 Å². The minimum atomic E-state index is -4.53. The molecule has 0 amide bonds. The highest BCUT2D eigenvalue weighted by Gasteiger charge is 2.45. The topological polar surface area (TPSA) is 33.1 Å². The van der Waals surface area contributed by atoms with Crippen LogP contribution in [0.4, 0.5) is 22.0 Å². The Bertz CT molecular complexity index is 1260. The van der Waals surface area contributed by atoms with Crippen LogP contribution in [0.2, 0.25) is 0 Å². The van der Waals surface area contributed by atoms with Gasteiger partial charge in [0.25, 0.3) is 0 Å². The number of pyridine rings is 1. The number of hydrogen-bond acceptors (Lipinski definition) is 2. The van der Waals surface area contributed by atoms with Gasteiger partial charge in [0.1, 0.15) is 5.82 Å². The molecular weight excluding hydrogens is 473 g/mol. The maximum absolute atomic E-state index is 16.4. The van der Waals surface area contributed by atoms with E-state index in [4.69, 9.17) is 4.98 Å². The summed E-state index contributed by atoms with van der Waals surface area (Å²) in [4.78, 5) is 4.89. The summed E-state index contributed by atoms with van der Waals surface area (Å²) in [6, 6.07) is 9.71. The van der Waals surface area contributed by atoms with Crippen molar-refractivity contribution in [1.29, 1.82) is 0 Å². The first-order valence-electron chi connectivity index (χ1n) is 12.3. The van der Waals surface area contributed by atoms with Crippen molar-refractivity contribution in [2.45, 2.75) is 70.3 Å². The average molecular weight is 502 g/mol. The first kappa shape index (κ1) is 24.9. The van der Waals surface area contributed by atoms with Gasteiger partial charge in [-0.25, -0.2) is 8.78 Å². The molecule has 190 valence electrons. The molecule has 2 nitrogen and oxygen atoms in total. The number of aromatic nitrogens is 1. The quantitative estimate of drug-likeness (QED) is 0.365. The number of fused-ring (bicyclic) bond motifs is 1. The van der Waals surface area contributed by atoms with E-state index in [2.05, 4.69) is 0 Å². The number of rotatable bonds is 4. The van der Waals surface area contributed by atoms with Crippen LogP contribution in [0.3, 0.4) is 0 Å². The molecule has 1 spiro atoms. The number of aliphatic hydroxyl groups excluding tert-OH is 1. The minimum absolute atomic E-state index is 0.00219. The molecule has 2 aliphatic carbocycles. The van der Waals surface area contributed by atoms with Crippen molar-refractivity contribution in [1.82, 2.24) is 4.98 Å². The van der Waals surface area contributed by atoms with E-state index in [1.807, 2.05) is 13.8 Å². The zero-order valence-electron chi connectivity index (χ0n) is 20.2. The Labute approximate surface area is 207 Å². The summed E-state index contributed by atoms with van der Waals surface area (Å²) in [7, 11) is 0. The highest BCUT2D eigenvalue weighted by molar-refractivity contribution is 5.75. The van der Waals surface area contributed by atoms with Gasteiger partial charge in [-0.15, -0.1) is 0 Å². The molecule has 2 aromatic carbocycles. The van der Waals surface area contributed by atoms with Gasteiger partial charge in [0.15, 0.2) is 6.17 Å². The van der Waals surface area contributed by atoms with Crippen molar-refractivity contribution in [2.24, 2.45) is 5.41 Å². The van der Waals surface area contributed by atoms with E-state index >= 15 is 4.39 Å². The second-order valence-corrected chi connectivity index (χ2v) is 10.5. The zero-order chi connectivity index (χ0) is 25.8. The maximum Gasteiger partial charge on any atom is 0.416 e. The standard InChI is InChI=1S/C29H28F5NO/c1-16(2)27-25(26(31)18-4-8-19(9-5-18)29(32,33)34)23(17-6-10-20(30)11-7-17)24-21(35-27)14-28(12-3-13-28)15-22(24)36/h4-11,16,22,26,36H,3,12-15H2,1-2H3/t22-,26-/m1/s1. The molecule has 2 aliphatic rings. The molecule has 1 aromatic heterocycles. The minimum Gasteiger partial charge on any atom is -0.388 e. The first-order chi connectivity index (χ1) is 17.0. The number of aliphatic hydroxyl groups is 1. The molecule has 1 N–H and O–H groups in total. The van der Waals surface area contributed by atoms with Crippen LogP contribution in [0.1, 0.15) is 91.4 Å². The predicted octanol–water partition coefficient (Wildman–Crippen LogP) is 8.24. The molecule has 0 radical (unpaired) electrons. The van der Waals surface area contributed by atoms with Gasteiger partial charge in [-0.1, -0.05) is 44.5 Å². The first-order valence-corrected chi connectivity index (χ1v) is 12.3. The largest absolute Gasteiger partial charge is 0.416 e. The van der Waals surface area contributed by atoms with Crippen molar-refractivity contribution in [3.8, 4) is 11.1 Å². The second-order valence-electron chi connectivity index (χ2n) is 10.5. The van der Waals surface area contributed by atoms with Gasteiger partial charge < -0.3 is 5.11 Å². The lowest BCUT2D eigenvalue weighted by atomic mass is 9.59. The summed E-state index contributed by atoms with van der Waals surface area (Å²) in [6.07, 6.45) is -2.82. The molecule has 1 saturated carbocycles. The van der Waals surface area contributed by atoms with Gasteiger partial charge in [0.05, 0.1) is 17.4 Å². The molecule has 1 fully saturated rings. The molecule has 0 bridgehead atoms. The van der Waals surface area contributed by atoms with E-state index in [1.165, 1.54) is 12.1 Å². The van der Waals surface area contributed by atoms with Crippen molar-refractivity contribution in [3.63, 3.8) is 0 Å². The van der Waals surface area contributed by atoms with Crippen LogP contribution < -0.4 is 0 Å². The second kappa shape index (κ2) is 8.94. The zero-order valence-corrected chi connectivity index (χ0v) is 20.2. The Morgan fingerprint density at radius 2 is 1.64 bits per heavy atom. The molecule has 36 heavy (non-hydrogen) atoms. The van der Waals surface area contributed by atoms with Gasteiger partial charge in [-0.3, -0.25) is 4.98 Å². The fourth-order valence-electron chi connectivity index (χ4n) is 5.81. The van der Waals surface area contributed by atoms with Crippen LogP contribution in [0, 0.1) is 11.2 Å². The fourth-order valence-corrected chi connectivity index (χ4v) is 5.81. The summed E-state index contributed by atoms with van der Waals surface area (Å²) in [5.41, 5.74) is 2.23. The van der Waals surface area contributed by atoms with Crippen LogP contribution >= 0.6 is 0 Å². The summed E-state index contributed by atoms with van der Waals surface area (Å²) in [6.45, 7) is 3.79. The Morgan fingerprint density at radius 1 is 1.00 bits per heavy atom. The Balaban J connectivity index is 1.74. The third kappa shape index (κ3) is 4.32. The molecule has 2 atom stereocenters. The summed E-state index contributed by atoms with van der Waals surface area (Å²) in [5.74, 6) is -0.630. The van der Waals surface area contributed by atoms with E-state index in [9.17, 15) is 22.7 Å². The van der Waals surface area contributed by atoms with Crippen LogP contribution in [-0.4, -0.2) is 10.1 Å². The molecule has 0 unspecified atom stereocenters. The van der Waals surface area contributed by atoms with Gasteiger partial charge in [-0.2, -0.15) is 13.2 Å². The van der Waals surface area contributed by atoms with Crippen molar-refractivity contribution in [3.05, 3.63) is 88.0 Å². The monoisotopic (exact) mass is 501 g/mol. The third-order valence-electron chi connectivity index (χ3n) is 7.76. The van der Waals surface area contributed by atoms with E-state index in [1.54, 1.807) is 12.1 Å². The Kier molecular flexibility index (Phi) is 6.18. The number of alkyl halides is 4. The van der Waals surface area contributed by atoms with Crippen LogP contribution in [0.5, 0.6) is 0 Å². The van der Waals surface area contributed by atoms with Gasteiger partial charge in [0, 0.05) is 16.8 Å². The van der Waals surface area contributed by atoms with Crippen LogP contribution in [-0.2, 0) is 12.6 Å². The Morgan fingerprint density at radius 3 is 2.17 bits per heavy atom. The van der Waals surface area contributed by atoms with Gasteiger partial charge in [0.2, 0.25) is 0 Å². The SMILES string of the molecule is CC(C)c1nc2c(c(-c3ccc(F)cc3)c1[C@H](F)c1ccc(C(F)(F)F)cc1)[C@H](O)CC1(CCC1)C2. The molecule has 5 rings (SSSR count). The molecule has 1 heterocycles. The van der Waals surface area contributed by atoms with E-state index in [-0.39, 0.29) is 22.5 Å². The molecule has 0 aliphatic heterocycles. The number of hydrogen-bond donors (Lipinski definition) is 1. The van der Waals surface area contributed by atoms with Crippen molar-refractivity contribution in [2.75, 3.05) is 0 Å². The Hall–Kier alpha value is -2.80.